The fraction of sp³-hybridized carbons (Fsp3) is 0.688. The molecule has 1 aromatic rings. The van der Waals surface area contributed by atoms with E-state index in [4.69, 9.17) is 4.74 Å². The van der Waals surface area contributed by atoms with Crippen LogP contribution in [0.25, 0.3) is 0 Å². The van der Waals surface area contributed by atoms with Crippen molar-refractivity contribution in [3.63, 3.8) is 0 Å². The molecule has 5 heteroatoms. The highest BCUT2D eigenvalue weighted by Gasteiger charge is 2.38. The second-order valence-electron chi connectivity index (χ2n) is 6.18. The predicted octanol–water partition coefficient (Wildman–Crippen LogP) is 3.25. The van der Waals surface area contributed by atoms with E-state index in [2.05, 4.69) is 9.97 Å². The molecular weight excluding hydrogens is 268 g/mol. The molecule has 21 heavy (non-hydrogen) atoms. The fourth-order valence-corrected chi connectivity index (χ4v) is 3.27. The van der Waals surface area contributed by atoms with Gasteiger partial charge in [-0.05, 0) is 25.7 Å². The SMILES string of the molecule is COC1(c2ncc(C(=O)O)c(C3CC3)n2)CCCCCC1. The van der Waals surface area contributed by atoms with Crippen molar-refractivity contribution >= 4 is 5.97 Å². The average Bonchev–Trinajstić information content (AvgIpc) is 3.33. The minimum Gasteiger partial charge on any atom is -0.478 e. The molecule has 3 rings (SSSR count). The Labute approximate surface area is 124 Å². The maximum absolute atomic E-state index is 11.3. The van der Waals surface area contributed by atoms with E-state index < -0.39 is 11.6 Å². The quantitative estimate of drug-likeness (QED) is 0.862. The Balaban J connectivity index is 2.00. The number of hydrogen-bond acceptors (Lipinski definition) is 4. The molecule has 1 aromatic heterocycles. The molecule has 5 nitrogen and oxygen atoms in total. The molecular formula is C16H22N2O3. The van der Waals surface area contributed by atoms with Gasteiger partial charge in [0.05, 0.1) is 11.3 Å². The Hall–Kier alpha value is -1.49. The van der Waals surface area contributed by atoms with Crippen LogP contribution in [-0.2, 0) is 10.3 Å². The number of carbonyl (C=O) groups is 1. The average molecular weight is 290 g/mol. The van der Waals surface area contributed by atoms with E-state index in [1.807, 2.05) is 0 Å². The number of carboxylic acid groups (broad SMARTS) is 1. The van der Waals surface area contributed by atoms with Crippen molar-refractivity contribution < 1.29 is 14.6 Å². The third kappa shape index (κ3) is 2.79. The summed E-state index contributed by atoms with van der Waals surface area (Å²) in [4.78, 5) is 20.3. The van der Waals surface area contributed by atoms with Crippen LogP contribution in [0.3, 0.4) is 0 Å². The Morgan fingerprint density at radius 2 is 1.95 bits per heavy atom. The lowest BCUT2D eigenvalue weighted by Gasteiger charge is -2.30. The van der Waals surface area contributed by atoms with Crippen molar-refractivity contribution in [3.05, 3.63) is 23.3 Å². The van der Waals surface area contributed by atoms with E-state index >= 15 is 0 Å². The zero-order chi connectivity index (χ0) is 14.9. The van der Waals surface area contributed by atoms with Gasteiger partial charge in [0.15, 0.2) is 5.82 Å². The zero-order valence-corrected chi connectivity index (χ0v) is 12.5. The first-order valence-electron chi connectivity index (χ1n) is 7.82. The highest BCUT2D eigenvalue weighted by Crippen LogP contribution is 2.42. The number of nitrogens with zero attached hydrogens (tertiary/aromatic N) is 2. The number of methoxy groups -OCH3 is 1. The molecule has 2 aliphatic rings. The van der Waals surface area contributed by atoms with Crippen molar-refractivity contribution in [2.75, 3.05) is 7.11 Å². The molecule has 0 atom stereocenters. The summed E-state index contributed by atoms with van der Waals surface area (Å²) in [5.74, 6) is 0.0344. The normalized spacial score (nSPS) is 21.8. The molecule has 2 aliphatic carbocycles. The third-order valence-corrected chi connectivity index (χ3v) is 4.72. The summed E-state index contributed by atoms with van der Waals surface area (Å²) in [6.45, 7) is 0. The standard InChI is InChI=1S/C16H22N2O3/c1-21-16(8-4-2-3-5-9-16)15-17-10-12(14(19)20)13(18-15)11-6-7-11/h10-11H,2-9H2,1H3,(H,19,20). The first-order chi connectivity index (χ1) is 10.2. The fourth-order valence-electron chi connectivity index (χ4n) is 3.27. The Kier molecular flexibility index (Phi) is 3.93. The summed E-state index contributed by atoms with van der Waals surface area (Å²) in [5, 5.41) is 9.30. The van der Waals surface area contributed by atoms with E-state index in [1.165, 1.54) is 19.0 Å². The monoisotopic (exact) mass is 290 g/mol. The molecule has 2 saturated carbocycles. The highest BCUT2D eigenvalue weighted by molar-refractivity contribution is 5.88. The van der Waals surface area contributed by atoms with Gasteiger partial charge in [-0.1, -0.05) is 25.7 Å². The molecule has 0 bridgehead atoms. The molecule has 0 spiro atoms. The number of rotatable bonds is 4. The van der Waals surface area contributed by atoms with Gasteiger partial charge in [-0.25, -0.2) is 14.8 Å². The first kappa shape index (κ1) is 14.4. The van der Waals surface area contributed by atoms with Gasteiger partial charge in [0.1, 0.15) is 5.60 Å². The summed E-state index contributed by atoms with van der Waals surface area (Å²) < 4.78 is 5.83. The Bertz CT molecular complexity index is 532. The number of hydrogen-bond donors (Lipinski definition) is 1. The maximum Gasteiger partial charge on any atom is 0.339 e. The van der Waals surface area contributed by atoms with E-state index in [-0.39, 0.29) is 11.5 Å². The van der Waals surface area contributed by atoms with Gasteiger partial charge in [0.25, 0.3) is 0 Å². The van der Waals surface area contributed by atoms with Crippen LogP contribution in [0.4, 0.5) is 0 Å². The molecule has 0 aliphatic heterocycles. The summed E-state index contributed by atoms with van der Waals surface area (Å²) in [6.07, 6.45) is 10.0. The second-order valence-corrected chi connectivity index (χ2v) is 6.18. The van der Waals surface area contributed by atoms with Crippen molar-refractivity contribution in [1.82, 2.24) is 9.97 Å². The smallest absolute Gasteiger partial charge is 0.339 e. The van der Waals surface area contributed by atoms with Gasteiger partial charge in [0, 0.05) is 19.2 Å². The molecule has 0 unspecified atom stereocenters. The Morgan fingerprint density at radius 3 is 2.48 bits per heavy atom. The van der Waals surface area contributed by atoms with Crippen LogP contribution < -0.4 is 0 Å². The molecule has 1 N–H and O–H groups in total. The predicted molar refractivity (Wildman–Crippen MR) is 77.4 cm³/mol. The largest absolute Gasteiger partial charge is 0.478 e. The number of aromatic nitrogens is 2. The molecule has 0 saturated heterocycles. The first-order valence-corrected chi connectivity index (χ1v) is 7.82. The van der Waals surface area contributed by atoms with E-state index in [9.17, 15) is 9.90 Å². The van der Waals surface area contributed by atoms with Crippen molar-refractivity contribution in [3.8, 4) is 0 Å². The lowest BCUT2D eigenvalue weighted by Crippen LogP contribution is -2.31. The highest BCUT2D eigenvalue weighted by atomic mass is 16.5. The second kappa shape index (κ2) is 5.72. The lowest BCUT2D eigenvalue weighted by atomic mass is 9.92. The minimum atomic E-state index is -0.934. The summed E-state index contributed by atoms with van der Waals surface area (Å²) in [6, 6.07) is 0. The summed E-state index contributed by atoms with van der Waals surface area (Å²) in [5.41, 5.74) is 0.520. The van der Waals surface area contributed by atoms with E-state index in [0.717, 1.165) is 38.5 Å². The van der Waals surface area contributed by atoms with E-state index in [1.54, 1.807) is 7.11 Å². The van der Waals surface area contributed by atoms with Crippen molar-refractivity contribution in [2.45, 2.75) is 62.9 Å². The Morgan fingerprint density at radius 1 is 1.29 bits per heavy atom. The van der Waals surface area contributed by atoms with Crippen LogP contribution in [0.5, 0.6) is 0 Å². The molecule has 1 heterocycles. The third-order valence-electron chi connectivity index (χ3n) is 4.72. The molecule has 2 fully saturated rings. The summed E-state index contributed by atoms with van der Waals surface area (Å²) >= 11 is 0. The van der Waals surface area contributed by atoms with Crippen molar-refractivity contribution in [1.29, 1.82) is 0 Å². The van der Waals surface area contributed by atoms with Crippen molar-refractivity contribution in [2.24, 2.45) is 0 Å². The van der Waals surface area contributed by atoms with Crippen LogP contribution >= 0.6 is 0 Å². The van der Waals surface area contributed by atoms with Gasteiger partial charge in [-0.15, -0.1) is 0 Å². The minimum absolute atomic E-state index is 0.251. The van der Waals surface area contributed by atoms with Crippen LogP contribution in [0.1, 0.15) is 79.2 Å². The molecule has 0 radical (unpaired) electrons. The van der Waals surface area contributed by atoms with Crippen LogP contribution in [-0.4, -0.2) is 28.2 Å². The molecule has 0 amide bonds. The lowest BCUT2D eigenvalue weighted by molar-refractivity contribution is -0.0353. The van der Waals surface area contributed by atoms with Gasteiger partial charge >= 0.3 is 5.97 Å². The topological polar surface area (TPSA) is 72.3 Å². The van der Waals surface area contributed by atoms with Gasteiger partial charge < -0.3 is 9.84 Å². The van der Waals surface area contributed by atoms with Crippen LogP contribution in [0.15, 0.2) is 6.20 Å². The van der Waals surface area contributed by atoms with Gasteiger partial charge in [-0.3, -0.25) is 0 Å². The van der Waals surface area contributed by atoms with Crippen LogP contribution in [0, 0.1) is 0 Å². The maximum atomic E-state index is 11.3. The zero-order valence-electron chi connectivity index (χ0n) is 12.5. The number of carboxylic acids is 1. The molecule has 114 valence electrons. The van der Waals surface area contributed by atoms with Crippen LogP contribution in [0.2, 0.25) is 0 Å². The molecule has 0 aromatic carbocycles. The van der Waals surface area contributed by atoms with E-state index in [0.29, 0.717) is 11.5 Å². The summed E-state index contributed by atoms with van der Waals surface area (Å²) in [7, 11) is 1.72. The van der Waals surface area contributed by atoms with Gasteiger partial charge in [-0.2, -0.15) is 0 Å². The number of aromatic carboxylic acids is 1. The number of ether oxygens (including phenoxy) is 1. The van der Waals surface area contributed by atoms with Gasteiger partial charge in [0.2, 0.25) is 0 Å².